The van der Waals surface area contributed by atoms with E-state index < -0.39 is 0 Å². The molecule has 0 atom stereocenters. The number of hydrogen-bond donors (Lipinski definition) is 1. The Bertz CT molecular complexity index is 412. The number of nitrogens with zero attached hydrogens (tertiary/aromatic N) is 1. The van der Waals surface area contributed by atoms with E-state index in [0.717, 1.165) is 25.7 Å². The van der Waals surface area contributed by atoms with Gasteiger partial charge in [-0.15, -0.1) is 0 Å². The standard InChI is InChI=1S/C14H22N2O2/c1-2-3-8-13(17)15-10-5-7-12-16-11-6-4-9-14(16)18/h4,6,9,11H,2-3,5,7-8,10,12H2,1H3,(H,15,17). The minimum atomic E-state index is 0.0319. The minimum Gasteiger partial charge on any atom is -0.356 e. The molecule has 0 saturated heterocycles. The molecule has 0 spiro atoms. The Kier molecular flexibility index (Phi) is 6.84. The Balaban J connectivity index is 2.11. The third-order valence-electron chi connectivity index (χ3n) is 2.80. The summed E-state index contributed by atoms with van der Waals surface area (Å²) >= 11 is 0. The molecule has 100 valence electrons. The van der Waals surface area contributed by atoms with E-state index in [2.05, 4.69) is 12.2 Å². The van der Waals surface area contributed by atoms with Crippen molar-refractivity contribution in [1.29, 1.82) is 0 Å². The Morgan fingerprint density at radius 3 is 2.83 bits per heavy atom. The number of unbranched alkanes of at least 4 members (excludes halogenated alkanes) is 2. The van der Waals surface area contributed by atoms with Gasteiger partial charge >= 0.3 is 0 Å². The Hall–Kier alpha value is -1.58. The number of rotatable bonds is 8. The number of carbonyl (C=O) groups is 1. The van der Waals surface area contributed by atoms with Crippen molar-refractivity contribution >= 4 is 5.91 Å². The second-order valence-corrected chi connectivity index (χ2v) is 4.39. The van der Waals surface area contributed by atoms with Crippen LogP contribution in [0.25, 0.3) is 0 Å². The van der Waals surface area contributed by atoms with Crippen molar-refractivity contribution in [2.45, 2.75) is 45.6 Å². The predicted octanol–water partition coefficient (Wildman–Crippen LogP) is 1.93. The molecular formula is C14H22N2O2. The van der Waals surface area contributed by atoms with Gasteiger partial charge in [-0.3, -0.25) is 9.59 Å². The van der Waals surface area contributed by atoms with Crippen molar-refractivity contribution in [3.63, 3.8) is 0 Å². The number of aryl methyl sites for hydroxylation is 1. The maximum atomic E-state index is 11.4. The van der Waals surface area contributed by atoms with E-state index in [9.17, 15) is 9.59 Å². The van der Waals surface area contributed by atoms with Gasteiger partial charge in [0.1, 0.15) is 0 Å². The van der Waals surface area contributed by atoms with Crippen LogP contribution < -0.4 is 10.9 Å². The molecule has 1 N–H and O–H groups in total. The fourth-order valence-electron chi connectivity index (χ4n) is 1.71. The molecule has 0 aliphatic heterocycles. The highest BCUT2D eigenvalue weighted by molar-refractivity contribution is 5.75. The van der Waals surface area contributed by atoms with Crippen LogP contribution in [0.2, 0.25) is 0 Å². The third-order valence-corrected chi connectivity index (χ3v) is 2.80. The molecule has 1 rings (SSSR count). The number of aromatic nitrogens is 1. The van der Waals surface area contributed by atoms with Crippen LogP contribution in [-0.4, -0.2) is 17.0 Å². The quantitative estimate of drug-likeness (QED) is 0.717. The van der Waals surface area contributed by atoms with Crippen LogP contribution in [0.3, 0.4) is 0 Å². The SMILES string of the molecule is CCCCC(=O)NCCCCn1ccccc1=O. The molecule has 0 bridgehead atoms. The van der Waals surface area contributed by atoms with E-state index in [1.54, 1.807) is 22.9 Å². The number of pyridine rings is 1. The molecule has 0 aliphatic rings. The second kappa shape index (κ2) is 8.50. The highest BCUT2D eigenvalue weighted by Crippen LogP contribution is 1.95. The maximum Gasteiger partial charge on any atom is 0.250 e. The van der Waals surface area contributed by atoms with Crippen molar-refractivity contribution in [3.8, 4) is 0 Å². The molecule has 1 aromatic rings. The molecular weight excluding hydrogens is 228 g/mol. The minimum absolute atomic E-state index is 0.0319. The smallest absolute Gasteiger partial charge is 0.250 e. The zero-order valence-electron chi connectivity index (χ0n) is 11.0. The fraction of sp³-hybridized carbons (Fsp3) is 0.571. The highest BCUT2D eigenvalue weighted by atomic mass is 16.1. The zero-order valence-corrected chi connectivity index (χ0v) is 11.0. The number of hydrogen-bond acceptors (Lipinski definition) is 2. The molecule has 1 amide bonds. The molecule has 4 heteroatoms. The lowest BCUT2D eigenvalue weighted by atomic mass is 10.2. The second-order valence-electron chi connectivity index (χ2n) is 4.39. The van der Waals surface area contributed by atoms with Crippen molar-refractivity contribution in [1.82, 2.24) is 9.88 Å². The molecule has 0 unspecified atom stereocenters. The first kappa shape index (κ1) is 14.5. The summed E-state index contributed by atoms with van der Waals surface area (Å²) in [6, 6.07) is 5.16. The molecule has 18 heavy (non-hydrogen) atoms. The van der Waals surface area contributed by atoms with Gasteiger partial charge < -0.3 is 9.88 Å². The van der Waals surface area contributed by atoms with Crippen LogP contribution in [0.1, 0.15) is 39.0 Å². The summed E-state index contributed by atoms with van der Waals surface area (Å²) in [6.45, 7) is 3.49. The molecule has 0 saturated carbocycles. The summed E-state index contributed by atoms with van der Waals surface area (Å²) in [5.41, 5.74) is 0.0319. The topological polar surface area (TPSA) is 51.1 Å². The zero-order chi connectivity index (χ0) is 13.2. The van der Waals surface area contributed by atoms with E-state index in [1.165, 1.54) is 0 Å². The first-order valence-electron chi connectivity index (χ1n) is 6.66. The largest absolute Gasteiger partial charge is 0.356 e. The van der Waals surface area contributed by atoms with Crippen LogP contribution in [0, 0.1) is 0 Å². The van der Waals surface area contributed by atoms with Crippen LogP contribution in [0.15, 0.2) is 29.2 Å². The lowest BCUT2D eigenvalue weighted by Crippen LogP contribution is -2.24. The molecule has 4 nitrogen and oxygen atoms in total. The molecule has 0 aromatic carbocycles. The van der Waals surface area contributed by atoms with Crippen molar-refractivity contribution in [3.05, 3.63) is 34.7 Å². The van der Waals surface area contributed by atoms with Gasteiger partial charge in [0.25, 0.3) is 0 Å². The Labute approximate surface area is 108 Å². The fourth-order valence-corrected chi connectivity index (χ4v) is 1.71. The number of nitrogens with one attached hydrogen (secondary N) is 1. The normalized spacial score (nSPS) is 10.3. The molecule has 1 heterocycles. The first-order valence-corrected chi connectivity index (χ1v) is 6.66. The molecule has 0 fully saturated rings. The van der Waals surface area contributed by atoms with Gasteiger partial charge in [-0.1, -0.05) is 19.4 Å². The summed E-state index contributed by atoms with van der Waals surface area (Å²) in [6.07, 6.45) is 6.21. The van der Waals surface area contributed by atoms with Crippen molar-refractivity contribution in [2.75, 3.05) is 6.54 Å². The number of carbonyl (C=O) groups excluding carboxylic acids is 1. The Morgan fingerprint density at radius 2 is 2.11 bits per heavy atom. The summed E-state index contributed by atoms with van der Waals surface area (Å²) in [4.78, 5) is 22.7. The third kappa shape index (κ3) is 5.66. The van der Waals surface area contributed by atoms with Gasteiger partial charge in [-0.05, 0) is 25.3 Å². The average molecular weight is 250 g/mol. The molecule has 0 radical (unpaired) electrons. The summed E-state index contributed by atoms with van der Waals surface area (Å²) in [5, 5.41) is 2.89. The van der Waals surface area contributed by atoms with E-state index in [-0.39, 0.29) is 11.5 Å². The van der Waals surface area contributed by atoms with Crippen LogP contribution in [0.5, 0.6) is 0 Å². The van der Waals surface area contributed by atoms with Crippen LogP contribution in [0.4, 0.5) is 0 Å². The van der Waals surface area contributed by atoms with Crippen molar-refractivity contribution < 1.29 is 4.79 Å². The van der Waals surface area contributed by atoms with E-state index in [4.69, 9.17) is 0 Å². The van der Waals surface area contributed by atoms with Gasteiger partial charge in [0.05, 0.1) is 0 Å². The van der Waals surface area contributed by atoms with E-state index in [1.807, 2.05) is 6.07 Å². The molecule has 0 aliphatic carbocycles. The summed E-state index contributed by atoms with van der Waals surface area (Å²) in [5.74, 6) is 0.133. The van der Waals surface area contributed by atoms with E-state index >= 15 is 0 Å². The highest BCUT2D eigenvalue weighted by Gasteiger charge is 1.99. The lowest BCUT2D eigenvalue weighted by Gasteiger charge is -2.06. The van der Waals surface area contributed by atoms with Gasteiger partial charge in [0.2, 0.25) is 11.5 Å². The van der Waals surface area contributed by atoms with Crippen LogP contribution >= 0.6 is 0 Å². The summed E-state index contributed by atoms with van der Waals surface area (Å²) in [7, 11) is 0. The lowest BCUT2D eigenvalue weighted by molar-refractivity contribution is -0.121. The average Bonchev–Trinajstić information content (AvgIpc) is 2.38. The Morgan fingerprint density at radius 1 is 1.28 bits per heavy atom. The van der Waals surface area contributed by atoms with E-state index in [0.29, 0.717) is 19.5 Å². The summed E-state index contributed by atoms with van der Waals surface area (Å²) < 4.78 is 1.69. The van der Waals surface area contributed by atoms with Crippen LogP contribution in [-0.2, 0) is 11.3 Å². The van der Waals surface area contributed by atoms with Gasteiger partial charge in [-0.25, -0.2) is 0 Å². The monoisotopic (exact) mass is 250 g/mol. The van der Waals surface area contributed by atoms with Gasteiger partial charge in [0, 0.05) is 31.8 Å². The van der Waals surface area contributed by atoms with Gasteiger partial charge in [0.15, 0.2) is 0 Å². The van der Waals surface area contributed by atoms with Crippen molar-refractivity contribution in [2.24, 2.45) is 0 Å². The first-order chi connectivity index (χ1) is 8.74. The molecule has 1 aromatic heterocycles. The van der Waals surface area contributed by atoms with Gasteiger partial charge in [-0.2, -0.15) is 0 Å². The predicted molar refractivity (Wildman–Crippen MR) is 72.5 cm³/mol. The number of amides is 1. The maximum absolute atomic E-state index is 11.4.